The molecular formula is C14H9ClN2O. The summed E-state index contributed by atoms with van der Waals surface area (Å²) in [5.41, 5.74) is 1.49. The second-order valence-corrected chi connectivity index (χ2v) is 4.33. The summed E-state index contributed by atoms with van der Waals surface area (Å²) in [6.07, 6.45) is 0. The highest BCUT2D eigenvalue weighted by atomic mass is 35.5. The Balaban J connectivity index is 2.27. The minimum absolute atomic E-state index is 0.0319. The van der Waals surface area contributed by atoms with Crippen LogP contribution in [0.4, 0.5) is 0 Å². The van der Waals surface area contributed by atoms with Gasteiger partial charge in [-0.25, -0.2) is 4.98 Å². The van der Waals surface area contributed by atoms with Gasteiger partial charge in [-0.15, -0.1) is 0 Å². The molecule has 3 aromatic rings. The molecule has 0 aliphatic rings. The van der Waals surface area contributed by atoms with E-state index in [1.165, 1.54) is 0 Å². The van der Waals surface area contributed by atoms with Crippen molar-refractivity contribution >= 4 is 22.5 Å². The molecule has 88 valence electrons. The number of benzene rings is 2. The van der Waals surface area contributed by atoms with Gasteiger partial charge in [0.25, 0.3) is 0 Å². The van der Waals surface area contributed by atoms with Gasteiger partial charge < -0.3 is 5.11 Å². The van der Waals surface area contributed by atoms with Crippen molar-refractivity contribution in [2.75, 3.05) is 0 Å². The third kappa shape index (κ3) is 1.89. The van der Waals surface area contributed by atoms with E-state index < -0.39 is 0 Å². The van der Waals surface area contributed by atoms with E-state index in [1.807, 2.05) is 30.3 Å². The van der Waals surface area contributed by atoms with Gasteiger partial charge in [-0.05, 0) is 18.2 Å². The highest BCUT2D eigenvalue weighted by Crippen LogP contribution is 2.27. The van der Waals surface area contributed by atoms with Crippen molar-refractivity contribution in [2.24, 2.45) is 0 Å². The molecule has 0 saturated carbocycles. The zero-order valence-corrected chi connectivity index (χ0v) is 10.1. The second-order valence-electron chi connectivity index (χ2n) is 3.90. The fourth-order valence-electron chi connectivity index (χ4n) is 1.80. The van der Waals surface area contributed by atoms with Crippen LogP contribution in [0.5, 0.6) is 5.88 Å². The van der Waals surface area contributed by atoms with Crippen molar-refractivity contribution in [3.05, 3.63) is 53.6 Å². The maximum Gasteiger partial charge on any atom is 0.222 e. The first-order valence-corrected chi connectivity index (χ1v) is 5.83. The van der Waals surface area contributed by atoms with Crippen LogP contribution in [0.25, 0.3) is 22.3 Å². The summed E-state index contributed by atoms with van der Waals surface area (Å²) in [4.78, 5) is 8.51. The molecule has 1 N–H and O–H groups in total. The molecule has 4 heteroatoms. The number of aromatic hydroxyl groups is 1. The minimum atomic E-state index is -0.0319. The van der Waals surface area contributed by atoms with Crippen LogP contribution in [0.15, 0.2) is 48.5 Å². The Morgan fingerprint density at radius 3 is 2.50 bits per heavy atom. The van der Waals surface area contributed by atoms with Gasteiger partial charge in [0.15, 0.2) is 5.82 Å². The topological polar surface area (TPSA) is 46.0 Å². The summed E-state index contributed by atoms with van der Waals surface area (Å²) in [7, 11) is 0. The van der Waals surface area contributed by atoms with Gasteiger partial charge in [0.05, 0.1) is 10.9 Å². The molecule has 0 fully saturated rings. The first-order chi connectivity index (χ1) is 8.74. The lowest BCUT2D eigenvalue weighted by Gasteiger charge is -2.04. The highest BCUT2D eigenvalue weighted by molar-refractivity contribution is 6.31. The van der Waals surface area contributed by atoms with Crippen LogP contribution in [-0.4, -0.2) is 15.1 Å². The number of hydrogen-bond acceptors (Lipinski definition) is 3. The molecule has 2 aromatic carbocycles. The van der Waals surface area contributed by atoms with Crippen molar-refractivity contribution < 1.29 is 5.11 Å². The molecule has 0 aliphatic carbocycles. The summed E-state index contributed by atoms with van der Waals surface area (Å²) < 4.78 is 0. The zero-order valence-electron chi connectivity index (χ0n) is 9.34. The number of fused-ring (bicyclic) bond motifs is 1. The molecule has 0 bridgehead atoms. The molecule has 18 heavy (non-hydrogen) atoms. The Morgan fingerprint density at radius 2 is 1.72 bits per heavy atom. The van der Waals surface area contributed by atoms with Gasteiger partial charge >= 0.3 is 0 Å². The van der Waals surface area contributed by atoms with E-state index >= 15 is 0 Å². The van der Waals surface area contributed by atoms with Gasteiger partial charge in [-0.1, -0.05) is 41.9 Å². The average Bonchev–Trinajstić information content (AvgIpc) is 2.39. The van der Waals surface area contributed by atoms with E-state index in [0.717, 1.165) is 5.56 Å². The SMILES string of the molecule is Oc1nc(-c2ccccc2)nc2cc(Cl)ccc12. The van der Waals surface area contributed by atoms with Crippen LogP contribution < -0.4 is 0 Å². The van der Waals surface area contributed by atoms with Gasteiger partial charge in [-0.3, -0.25) is 0 Å². The summed E-state index contributed by atoms with van der Waals surface area (Å²) in [6, 6.07) is 14.6. The van der Waals surface area contributed by atoms with E-state index in [-0.39, 0.29) is 5.88 Å². The van der Waals surface area contributed by atoms with Crippen LogP contribution in [0, 0.1) is 0 Å². The molecule has 0 atom stereocenters. The Morgan fingerprint density at radius 1 is 0.944 bits per heavy atom. The molecule has 1 heterocycles. The summed E-state index contributed by atoms with van der Waals surface area (Å²) in [5, 5.41) is 11.1. The Hall–Kier alpha value is -2.13. The second kappa shape index (κ2) is 4.27. The molecule has 0 amide bonds. The van der Waals surface area contributed by atoms with Gasteiger partial charge in [-0.2, -0.15) is 4.98 Å². The lowest BCUT2D eigenvalue weighted by Crippen LogP contribution is -1.91. The first kappa shape index (κ1) is 11.0. The van der Waals surface area contributed by atoms with Gasteiger partial charge in [0.1, 0.15) is 0 Å². The Kier molecular flexibility index (Phi) is 2.61. The van der Waals surface area contributed by atoms with Crippen LogP contribution in [-0.2, 0) is 0 Å². The lowest BCUT2D eigenvalue weighted by atomic mass is 10.2. The van der Waals surface area contributed by atoms with E-state index in [1.54, 1.807) is 18.2 Å². The predicted octanol–water partition coefficient (Wildman–Crippen LogP) is 3.66. The van der Waals surface area contributed by atoms with Crippen LogP contribution in [0.3, 0.4) is 0 Å². The van der Waals surface area contributed by atoms with Crippen LogP contribution in [0.2, 0.25) is 5.02 Å². The number of halogens is 1. The standard InChI is InChI=1S/C14H9ClN2O/c15-10-6-7-11-12(8-10)16-13(17-14(11)18)9-4-2-1-3-5-9/h1-8H,(H,16,17,18). The molecule has 3 nitrogen and oxygen atoms in total. The molecule has 0 unspecified atom stereocenters. The smallest absolute Gasteiger partial charge is 0.222 e. The van der Waals surface area contributed by atoms with E-state index in [4.69, 9.17) is 11.6 Å². The van der Waals surface area contributed by atoms with Crippen LogP contribution in [0.1, 0.15) is 0 Å². The highest BCUT2D eigenvalue weighted by Gasteiger charge is 2.08. The summed E-state index contributed by atoms with van der Waals surface area (Å²) >= 11 is 5.93. The molecule has 0 saturated heterocycles. The van der Waals surface area contributed by atoms with Crippen molar-refractivity contribution in [1.82, 2.24) is 9.97 Å². The average molecular weight is 257 g/mol. The number of hydrogen-bond donors (Lipinski definition) is 1. The Bertz CT molecular complexity index is 714. The van der Waals surface area contributed by atoms with Crippen molar-refractivity contribution in [1.29, 1.82) is 0 Å². The third-order valence-corrected chi connectivity index (χ3v) is 2.91. The zero-order chi connectivity index (χ0) is 12.5. The maximum atomic E-state index is 9.91. The fraction of sp³-hybridized carbons (Fsp3) is 0. The fourth-order valence-corrected chi connectivity index (χ4v) is 1.97. The molecule has 0 aliphatic heterocycles. The lowest BCUT2D eigenvalue weighted by molar-refractivity contribution is 0.460. The number of aromatic nitrogens is 2. The monoisotopic (exact) mass is 256 g/mol. The number of rotatable bonds is 1. The molecule has 1 aromatic heterocycles. The predicted molar refractivity (Wildman–Crippen MR) is 71.6 cm³/mol. The first-order valence-electron chi connectivity index (χ1n) is 5.46. The van der Waals surface area contributed by atoms with Crippen LogP contribution >= 0.6 is 11.6 Å². The molecule has 0 spiro atoms. The molecule has 3 rings (SSSR count). The molecule has 0 radical (unpaired) electrons. The normalized spacial score (nSPS) is 10.7. The number of nitrogens with zero attached hydrogens (tertiary/aromatic N) is 2. The summed E-state index contributed by atoms with van der Waals surface area (Å²) in [5.74, 6) is 0.457. The van der Waals surface area contributed by atoms with Crippen molar-refractivity contribution in [2.45, 2.75) is 0 Å². The van der Waals surface area contributed by atoms with E-state index in [2.05, 4.69) is 9.97 Å². The third-order valence-electron chi connectivity index (χ3n) is 2.67. The quantitative estimate of drug-likeness (QED) is 0.723. The largest absolute Gasteiger partial charge is 0.493 e. The van der Waals surface area contributed by atoms with Crippen molar-refractivity contribution in [3.63, 3.8) is 0 Å². The van der Waals surface area contributed by atoms with Gasteiger partial charge in [0.2, 0.25) is 5.88 Å². The van der Waals surface area contributed by atoms with E-state index in [0.29, 0.717) is 21.7 Å². The maximum absolute atomic E-state index is 9.91. The van der Waals surface area contributed by atoms with E-state index in [9.17, 15) is 5.11 Å². The minimum Gasteiger partial charge on any atom is -0.493 e. The Labute approximate surface area is 109 Å². The summed E-state index contributed by atoms with van der Waals surface area (Å²) in [6.45, 7) is 0. The van der Waals surface area contributed by atoms with Crippen molar-refractivity contribution in [3.8, 4) is 17.3 Å². The molecular weight excluding hydrogens is 248 g/mol. The van der Waals surface area contributed by atoms with Gasteiger partial charge in [0, 0.05) is 10.6 Å².